The van der Waals surface area contributed by atoms with Crippen molar-refractivity contribution in [3.63, 3.8) is 0 Å². The molecule has 1 amide bonds. The molecule has 11 heteroatoms. The van der Waals surface area contributed by atoms with Gasteiger partial charge in [-0.25, -0.2) is 27.6 Å². The second kappa shape index (κ2) is 8.54. The third-order valence-electron chi connectivity index (χ3n) is 4.65. The van der Waals surface area contributed by atoms with E-state index >= 15 is 0 Å². The number of halogens is 1. The van der Waals surface area contributed by atoms with E-state index in [9.17, 15) is 17.6 Å². The van der Waals surface area contributed by atoms with Gasteiger partial charge in [0.2, 0.25) is 0 Å². The molecule has 8 nitrogen and oxygen atoms in total. The molecule has 156 valence electrons. The molecule has 2 N–H and O–H groups in total. The maximum absolute atomic E-state index is 14.3. The van der Waals surface area contributed by atoms with Crippen molar-refractivity contribution in [3.8, 4) is 0 Å². The molecule has 1 aliphatic rings. The number of benzene rings is 1. The Labute approximate surface area is 172 Å². The number of hydrogen-bond donors (Lipinski definition) is 2. The molecule has 1 aromatic carbocycles. The number of rotatable bonds is 5. The average Bonchev–Trinajstić information content (AvgIpc) is 2.66. The van der Waals surface area contributed by atoms with Gasteiger partial charge in [-0.2, -0.15) is 0 Å². The second-order valence-electron chi connectivity index (χ2n) is 6.78. The fourth-order valence-corrected chi connectivity index (χ4v) is 4.73. The van der Waals surface area contributed by atoms with Crippen LogP contribution in [0.4, 0.5) is 20.7 Å². The minimum atomic E-state index is -3.49. The van der Waals surface area contributed by atoms with Crippen molar-refractivity contribution in [2.24, 2.45) is 0 Å². The quantitative estimate of drug-likeness (QED) is 0.681. The summed E-state index contributed by atoms with van der Waals surface area (Å²) in [7, 11) is -3.49. The molecule has 0 radical (unpaired) electrons. The normalized spacial score (nSPS) is 15.3. The minimum absolute atomic E-state index is 0.0936. The summed E-state index contributed by atoms with van der Waals surface area (Å²) in [6.07, 6.45) is 2.96. The third-order valence-corrected chi connectivity index (χ3v) is 7.20. The summed E-state index contributed by atoms with van der Waals surface area (Å²) in [6.45, 7) is 2.79. The zero-order chi connectivity index (χ0) is 21.2. The summed E-state index contributed by atoms with van der Waals surface area (Å²) < 4.78 is 37.5. The van der Waals surface area contributed by atoms with E-state index in [0.717, 1.165) is 35.8 Å². The number of anilines is 2. The van der Waals surface area contributed by atoms with Crippen LogP contribution < -0.4 is 5.32 Å². The number of carboxylic acid groups (broad SMARTS) is 1. The number of nitrogens with zero attached hydrogens (tertiary/aromatic N) is 3. The Morgan fingerprint density at radius 2 is 2.00 bits per heavy atom. The van der Waals surface area contributed by atoms with Gasteiger partial charge in [0.05, 0.1) is 10.6 Å². The molecule has 0 unspecified atom stereocenters. The standard InChI is InChI=1S/C18H21FN4O4S2/c1-11-16(22-15-4-3-13(9-14(15)19)29(2,26)27)20-10-21-17(11)28-12-5-7-23(8-6-12)18(24)25/h3-4,9-10,12H,5-8H2,1-2H3,(H,24,25)(H,20,21,22). The van der Waals surface area contributed by atoms with Crippen LogP contribution in [0.15, 0.2) is 34.4 Å². The lowest BCUT2D eigenvalue weighted by Crippen LogP contribution is -2.38. The molecule has 1 fully saturated rings. The van der Waals surface area contributed by atoms with Crippen LogP contribution in [0.1, 0.15) is 18.4 Å². The van der Waals surface area contributed by atoms with E-state index in [0.29, 0.717) is 18.9 Å². The zero-order valence-corrected chi connectivity index (χ0v) is 17.6. The Kier molecular flexibility index (Phi) is 6.27. The van der Waals surface area contributed by atoms with Crippen LogP contribution in [-0.4, -0.2) is 59.1 Å². The van der Waals surface area contributed by atoms with Crippen molar-refractivity contribution in [1.29, 1.82) is 0 Å². The number of nitrogens with one attached hydrogen (secondary N) is 1. The molecular formula is C18H21FN4O4S2. The highest BCUT2D eigenvalue weighted by molar-refractivity contribution is 7.99. The van der Waals surface area contributed by atoms with Gasteiger partial charge in [0, 0.05) is 30.2 Å². The summed E-state index contributed by atoms with van der Waals surface area (Å²) in [5.74, 6) is -0.266. The lowest BCUT2D eigenvalue weighted by Gasteiger charge is -2.29. The molecule has 0 bridgehead atoms. The molecule has 1 aliphatic heterocycles. The van der Waals surface area contributed by atoms with Crippen LogP contribution in [0.25, 0.3) is 0 Å². The fraction of sp³-hybridized carbons (Fsp3) is 0.389. The first-order chi connectivity index (χ1) is 13.6. The fourth-order valence-electron chi connectivity index (χ4n) is 2.96. The molecule has 0 spiro atoms. The SMILES string of the molecule is Cc1c(Nc2ccc(S(C)(=O)=O)cc2F)ncnc1SC1CCN(C(=O)O)CC1. The molecular weight excluding hydrogens is 419 g/mol. The van der Waals surface area contributed by atoms with Crippen molar-refractivity contribution in [2.75, 3.05) is 24.7 Å². The van der Waals surface area contributed by atoms with Gasteiger partial charge in [0.15, 0.2) is 9.84 Å². The highest BCUT2D eigenvalue weighted by Crippen LogP contribution is 2.33. The Morgan fingerprint density at radius 1 is 1.31 bits per heavy atom. The van der Waals surface area contributed by atoms with E-state index in [1.54, 1.807) is 11.8 Å². The number of amides is 1. The van der Waals surface area contributed by atoms with Crippen LogP contribution in [0, 0.1) is 12.7 Å². The minimum Gasteiger partial charge on any atom is -0.465 e. The van der Waals surface area contributed by atoms with Crippen molar-refractivity contribution >= 4 is 39.2 Å². The maximum atomic E-state index is 14.3. The van der Waals surface area contributed by atoms with Gasteiger partial charge in [-0.15, -0.1) is 11.8 Å². The van der Waals surface area contributed by atoms with Crippen LogP contribution in [0.2, 0.25) is 0 Å². The number of sulfone groups is 1. The van der Waals surface area contributed by atoms with E-state index < -0.39 is 21.7 Å². The molecule has 0 atom stereocenters. The van der Waals surface area contributed by atoms with Gasteiger partial charge in [0.1, 0.15) is 23.0 Å². The monoisotopic (exact) mass is 440 g/mol. The molecule has 0 saturated carbocycles. The molecule has 3 rings (SSSR count). The van der Waals surface area contributed by atoms with Gasteiger partial charge in [-0.05, 0) is 38.0 Å². The first kappa shape index (κ1) is 21.3. The predicted octanol–water partition coefficient (Wildman–Crippen LogP) is 3.31. The first-order valence-corrected chi connectivity index (χ1v) is 11.6. The van der Waals surface area contributed by atoms with Gasteiger partial charge < -0.3 is 15.3 Å². The number of carbonyl (C=O) groups is 1. The second-order valence-corrected chi connectivity index (χ2v) is 10.1. The lowest BCUT2D eigenvalue weighted by molar-refractivity contribution is 0.136. The highest BCUT2D eigenvalue weighted by atomic mass is 32.2. The van der Waals surface area contributed by atoms with E-state index in [1.165, 1.54) is 23.4 Å². The summed E-state index contributed by atoms with van der Waals surface area (Å²) in [4.78, 5) is 20.8. The van der Waals surface area contributed by atoms with Gasteiger partial charge in [-0.1, -0.05) is 0 Å². The Morgan fingerprint density at radius 3 is 2.59 bits per heavy atom. The molecule has 1 saturated heterocycles. The Bertz CT molecular complexity index is 1020. The summed E-state index contributed by atoms with van der Waals surface area (Å²) in [6, 6.07) is 3.67. The largest absolute Gasteiger partial charge is 0.465 e. The Balaban J connectivity index is 1.73. The van der Waals surface area contributed by atoms with Crippen molar-refractivity contribution in [3.05, 3.63) is 35.9 Å². The van der Waals surface area contributed by atoms with E-state index in [1.807, 2.05) is 6.92 Å². The van der Waals surface area contributed by atoms with Crippen LogP contribution in [-0.2, 0) is 9.84 Å². The van der Waals surface area contributed by atoms with Crippen molar-refractivity contribution < 1.29 is 22.7 Å². The van der Waals surface area contributed by atoms with E-state index in [-0.39, 0.29) is 15.8 Å². The van der Waals surface area contributed by atoms with Crippen LogP contribution in [0.5, 0.6) is 0 Å². The number of hydrogen-bond acceptors (Lipinski definition) is 7. The van der Waals surface area contributed by atoms with E-state index in [4.69, 9.17) is 5.11 Å². The predicted molar refractivity (Wildman–Crippen MR) is 108 cm³/mol. The summed E-state index contributed by atoms with van der Waals surface area (Å²) >= 11 is 1.56. The lowest BCUT2D eigenvalue weighted by atomic mass is 10.1. The number of likely N-dealkylation sites (tertiary alicyclic amines) is 1. The molecule has 2 aromatic rings. The molecule has 1 aromatic heterocycles. The summed E-state index contributed by atoms with van der Waals surface area (Å²) in [5, 5.41) is 12.9. The van der Waals surface area contributed by atoms with Crippen LogP contribution in [0.3, 0.4) is 0 Å². The molecule has 2 heterocycles. The number of thioether (sulfide) groups is 1. The van der Waals surface area contributed by atoms with E-state index in [2.05, 4.69) is 15.3 Å². The number of piperidine rings is 1. The maximum Gasteiger partial charge on any atom is 0.407 e. The van der Waals surface area contributed by atoms with Gasteiger partial charge >= 0.3 is 6.09 Å². The molecule has 0 aliphatic carbocycles. The van der Waals surface area contributed by atoms with Crippen molar-refractivity contribution in [2.45, 2.75) is 34.9 Å². The third kappa shape index (κ3) is 5.15. The topological polar surface area (TPSA) is 112 Å². The summed E-state index contributed by atoms with van der Waals surface area (Å²) in [5.41, 5.74) is 0.856. The van der Waals surface area contributed by atoms with Crippen LogP contribution >= 0.6 is 11.8 Å². The highest BCUT2D eigenvalue weighted by Gasteiger charge is 2.24. The van der Waals surface area contributed by atoms with Gasteiger partial charge in [0.25, 0.3) is 0 Å². The van der Waals surface area contributed by atoms with Gasteiger partial charge in [-0.3, -0.25) is 0 Å². The average molecular weight is 441 g/mol. The number of aromatic nitrogens is 2. The smallest absolute Gasteiger partial charge is 0.407 e. The van der Waals surface area contributed by atoms with Crippen molar-refractivity contribution in [1.82, 2.24) is 14.9 Å². The molecule has 29 heavy (non-hydrogen) atoms. The zero-order valence-electron chi connectivity index (χ0n) is 15.9. The Hall–Kier alpha value is -2.40. The first-order valence-electron chi connectivity index (χ1n) is 8.88.